The van der Waals surface area contributed by atoms with Gasteiger partial charge in [0.25, 0.3) is 0 Å². The summed E-state index contributed by atoms with van der Waals surface area (Å²) in [6, 6.07) is 13.7. The molecule has 0 amide bonds. The summed E-state index contributed by atoms with van der Waals surface area (Å²) in [6.45, 7) is 17.8. The summed E-state index contributed by atoms with van der Waals surface area (Å²) in [5.41, 5.74) is 16.5. The maximum atomic E-state index is 2.31. The zero-order valence-corrected chi connectivity index (χ0v) is 17.5. The minimum Gasteiger partial charge on any atom is -0.0584 e. The van der Waals surface area contributed by atoms with Crippen molar-refractivity contribution in [3.63, 3.8) is 0 Å². The van der Waals surface area contributed by atoms with Crippen molar-refractivity contribution in [2.75, 3.05) is 0 Å². The molecule has 0 spiro atoms. The average molecular weight is 343 g/mol. The summed E-state index contributed by atoms with van der Waals surface area (Å²) in [5, 5.41) is 0. The fourth-order valence-corrected chi connectivity index (χ4v) is 3.90. The Morgan fingerprint density at radius 2 is 0.538 bits per heavy atom. The van der Waals surface area contributed by atoms with E-state index >= 15 is 0 Å². The second-order valence-corrected chi connectivity index (χ2v) is 7.77. The first-order valence-electron chi connectivity index (χ1n) is 9.48. The van der Waals surface area contributed by atoms with Crippen LogP contribution in [0.1, 0.15) is 44.5 Å². The van der Waals surface area contributed by atoms with E-state index in [0.717, 1.165) is 0 Å². The van der Waals surface area contributed by atoms with Crippen molar-refractivity contribution in [3.8, 4) is 22.3 Å². The van der Waals surface area contributed by atoms with Crippen LogP contribution in [-0.4, -0.2) is 0 Å². The Morgan fingerprint density at radius 1 is 0.308 bits per heavy atom. The number of hydrogen-bond donors (Lipinski definition) is 0. The van der Waals surface area contributed by atoms with Crippen molar-refractivity contribution in [2.24, 2.45) is 0 Å². The molecule has 3 rings (SSSR count). The van der Waals surface area contributed by atoms with Gasteiger partial charge < -0.3 is 0 Å². The van der Waals surface area contributed by atoms with Crippen molar-refractivity contribution in [3.05, 3.63) is 80.9 Å². The first kappa shape index (κ1) is 18.5. The molecule has 0 aliphatic carbocycles. The van der Waals surface area contributed by atoms with Gasteiger partial charge >= 0.3 is 0 Å². The first-order chi connectivity index (χ1) is 12.2. The second kappa shape index (κ2) is 6.76. The van der Waals surface area contributed by atoms with Gasteiger partial charge in [-0.3, -0.25) is 0 Å². The fourth-order valence-electron chi connectivity index (χ4n) is 3.90. The van der Waals surface area contributed by atoms with Gasteiger partial charge in [-0.15, -0.1) is 0 Å². The Bertz CT molecular complexity index is 921. The van der Waals surface area contributed by atoms with E-state index in [1.165, 1.54) is 66.8 Å². The van der Waals surface area contributed by atoms with E-state index in [-0.39, 0.29) is 0 Å². The molecule has 0 fully saturated rings. The molecule has 0 aromatic heterocycles. The topological polar surface area (TPSA) is 0 Å². The molecule has 134 valence electrons. The maximum Gasteiger partial charge on any atom is -0.0149 e. The highest BCUT2D eigenvalue weighted by atomic mass is 14.2. The summed E-state index contributed by atoms with van der Waals surface area (Å²) in [6.07, 6.45) is 0. The third-order valence-corrected chi connectivity index (χ3v) is 6.48. The van der Waals surface area contributed by atoms with Gasteiger partial charge in [0.1, 0.15) is 0 Å². The highest BCUT2D eigenvalue weighted by molar-refractivity contribution is 5.80. The summed E-state index contributed by atoms with van der Waals surface area (Å²) in [4.78, 5) is 0. The van der Waals surface area contributed by atoms with Crippen molar-refractivity contribution < 1.29 is 0 Å². The van der Waals surface area contributed by atoms with Crippen molar-refractivity contribution in [2.45, 2.75) is 55.4 Å². The summed E-state index contributed by atoms with van der Waals surface area (Å²) in [7, 11) is 0. The summed E-state index contributed by atoms with van der Waals surface area (Å²) >= 11 is 0. The van der Waals surface area contributed by atoms with Crippen molar-refractivity contribution in [1.82, 2.24) is 0 Å². The minimum absolute atomic E-state index is 1.35. The second-order valence-electron chi connectivity index (χ2n) is 7.77. The van der Waals surface area contributed by atoms with Gasteiger partial charge in [-0.05, 0) is 122 Å². The van der Waals surface area contributed by atoms with Gasteiger partial charge in [0.05, 0.1) is 0 Å². The molecule has 3 aromatic rings. The molecule has 3 aromatic carbocycles. The van der Waals surface area contributed by atoms with E-state index in [9.17, 15) is 0 Å². The molecule has 0 nitrogen and oxygen atoms in total. The lowest BCUT2D eigenvalue weighted by molar-refractivity contribution is 1.24. The van der Waals surface area contributed by atoms with Crippen LogP contribution in [-0.2, 0) is 0 Å². The molecule has 0 radical (unpaired) electrons. The quantitative estimate of drug-likeness (QED) is 0.452. The molecule has 0 heteroatoms. The van der Waals surface area contributed by atoms with Crippen LogP contribution in [0.15, 0.2) is 36.4 Å². The molecule has 0 saturated heterocycles. The highest BCUT2D eigenvalue weighted by Gasteiger charge is 2.14. The standard InChI is InChI=1S/C26H30/c1-15-9-11-23(19(5)17(15)3)25-13-14-26(22(8)21(25)7)24-12-10-16(2)18(4)20(24)6/h9-14H,1-8H3. The Labute approximate surface area is 158 Å². The van der Waals surface area contributed by atoms with E-state index in [0.29, 0.717) is 0 Å². The van der Waals surface area contributed by atoms with E-state index in [1.54, 1.807) is 0 Å². The lowest BCUT2D eigenvalue weighted by atomic mass is 9.85. The summed E-state index contributed by atoms with van der Waals surface area (Å²) in [5.74, 6) is 0. The smallest absolute Gasteiger partial charge is 0.0149 e. The Balaban J connectivity index is 2.20. The van der Waals surface area contributed by atoms with Crippen molar-refractivity contribution in [1.29, 1.82) is 0 Å². The van der Waals surface area contributed by atoms with Gasteiger partial charge in [-0.1, -0.05) is 36.4 Å². The van der Waals surface area contributed by atoms with E-state index in [1.807, 2.05) is 0 Å². The third kappa shape index (κ3) is 2.88. The normalized spacial score (nSPS) is 11.1. The van der Waals surface area contributed by atoms with Gasteiger partial charge in [-0.2, -0.15) is 0 Å². The molecular weight excluding hydrogens is 312 g/mol. The molecule has 0 unspecified atom stereocenters. The van der Waals surface area contributed by atoms with Crippen LogP contribution < -0.4 is 0 Å². The molecule has 0 heterocycles. The van der Waals surface area contributed by atoms with Crippen molar-refractivity contribution >= 4 is 0 Å². The molecular formula is C26H30. The van der Waals surface area contributed by atoms with E-state index in [2.05, 4.69) is 91.8 Å². The molecule has 0 aliphatic rings. The van der Waals surface area contributed by atoms with Crippen LogP contribution in [0.25, 0.3) is 22.3 Å². The van der Waals surface area contributed by atoms with Crippen LogP contribution in [0.3, 0.4) is 0 Å². The predicted octanol–water partition coefficient (Wildman–Crippen LogP) is 7.49. The lowest BCUT2D eigenvalue weighted by Gasteiger charge is -2.19. The average Bonchev–Trinajstić information content (AvgIpc) is 2.62. The first-order valence-corrected chi connectivity index (χ1v) is 9.48. The predicted molar refractivity (Wildman–Crippen MR) is 115 cm³/mol. The lowest BCUT2D eigenvalue weighted by Crippen LogP contribution is -1.97. The molecule has 0 aliphatic heterocycles. The Hall–Kier alpha value is -2.34. The number of hydrogen-bond acceptors (Lipinski definition) is 0. The van der Waals surface area contributed by atoms with Gasteiger partial charge in [-0.25, -0.2) is 0 Å². The van der Waals surface area contributed by atoms with Crippen LogP contribution in [0.5, 0.6) is 0 Å². The van der Waals surface area contributed by atoms with E-state index in [4.69, 9.17) is 0 Å². The zero-order valence-electron chi connectivity index (χ0n) is 17.5. The number of aryl methyl sites for hydroxylation is 2. The van der Waals surface area contributed by atoms with Crippen LogP contribution in [0, 0.1) is 55.4 Å². The largest absolute Gasteiger partial charge is 0.0584 e. The zero-order chi connectivity index (χ0) is 19.2. The van der Waals surface area contributed by atoms with E-state index < -0.39 is 0 Å². The number of rotatable bonds is 2. The Kier molecular flexibility index (Phi) is 4.80. The molecule has 26 heavy (non-hydrogen) atoms. The maximum absolute atomic E-state index is 2.31. The van der Waals surface area contributed by atoms with Gasteiger partial charge in [0, 0.05) is 0 Å². The Morgan fingerprint density at radius 3 is 0.846 bits per heavy atom. The molecule has 0 saturated carbocycles. The fraction of sp³-hybridized carbons (Fsp3) is 0.308. The van der Waals surface area contributed by atoms with Gasteiger partial charge in [0.2, 0.25) is 0 Å². The number of benzene rings is 3. The highest BCUT2D eigenvalue weighted by Crippen LogP contribution is 2.37. The SMILES string of the molecule is Cc1ccc(-c2ccc(-c3ccc(C)c(C)c3C)c(C)c2C)c(C)c1C. The minimum atomic E-state index is 1.35. The van der Waals surface area contributed by atoms with Crippen LogP contribution in [0.4, 0.5) is 0 Å². The molecule has 0 N–H and O–H groups in total. The molecule has 0 atom stereocenters. The monoisotopic (exact) mass is 342 g/mol. The summed E-state index contributed by atoms with van der Waals surface area (Å²) < 4.78 is 0. The third-order valence-electron chi connectivity index (χ3n) is 6.48. The molecule has 0 bridgehead atoms. The van der Waals surface area contributed by atoms with Crippen LogP contribution >= 0.6 is 0 Å². The van der Waals surface area contributed by atoms with Gasteiger partial charge in [0.15, 0.2) is 0 Å². The van der Waals surface area contributed by atoms with Crippen LogP contribution in [0.2, 0.25) is 0 Å².